The number of hydrogen-bond acceptors (Lipinski definition) is 0. The molecule has 0 unspecified atom stereocenters. The van der Waals surface area contributed by atoms with Gasteiger partial charge in [0.05, 0.1) is 0 Å². The van der Waals surface area contributed by atoms with Crippen molar-refractivity contribution in [1.29, 1.82) is 0 Å². The van der Waals surface area contributed by atoms with E-state index in [-0.39, 0.29) is 0 Å². The number of hydrogen-bond donors (Lipinski definition) is 0. The third-order valence-corrected chi connectivity index (χ3v) is 3.59. The third-order valence-electron chi connectivity index (χ3n) is 3.59. The van der Waals surface area contributed by atoms with Crippen LogP contribution in [-0.4, -0.2) is 0 Å². The fourth-order valence-electron chi connectivity index (χ4n) is 2.69. The molecule has 2 aromatic carbocycles. The zero-order valence-corrected chi connectivity index (χ0v) is 13.4. The number of aryl methyl sites for hydroxylation is 3. The molecule has 2 rings (SSSR count). The Morgan fingerprint density at radius 2 is 1.38 bits per heavy atom. The van der Waals surface area contributed by atoms with Gasteiger partial charge in [0.25, 0.3) is 0 Å². The predicted octanol–water partition coefficient (Wildman–Crippen LogP) is 5.30. The van der Waals surface area contributed by atoms with E-state index in [1.54, 1.807) is 0 Å². The molecule has 0 aliphatic carbocycles. The zero-order valence-electron chi connectivity index (χ0n) is 13.4. The monoisotopic (exact) mass is 276 g/mol. The van der Waals surface area contributed by atoms with Gasteiger partial charge >= 0.3 is 0 Å². The van der Waals surface area contributed by atoms with Crippen LogP contribution in [0.15, 0.2) is 42.5 Å². The molecule has 0 N–H and O–H groups in total. The Morgan fingerprint density at radius 3 is 1.90 bits per heavy atom. The molecule has 0 bridgehead atoms. The summed E-state index contributed by atoms with van der Waals surface area (Å²) in [5.74, 6) is 6.77. The molecule has 0 heterocycles. The van der Waals surface area contributed by atoms with Crippen LogP contribution in [0.4, 0.5) is 0 Å². The molecule has 0 heteroatoms. The highest BCUT2D eigenvalue weighted by Crippen LogP contribution is 2.20. The van der Waals surface area contributed by atoms with Crippen LogP contribution in [-0.2, 0) is 12.8 Å². The Bertz CT molecular complexity index is 612. The van der Waals surface area contributed by atoms with E-state index in [0.29, 0.717) is 0 Å². The van der Waals surface area contributed by atoms with Crippen molar-refractivity contribution in [3.8, 4) is 11.8 Å². The van der Waals surface area contributed by atoms with E-state index in [1.165, 1.54) is 22.3 Å². The van der Waals surface area contributed by atoms with Crippen LogP contribution in [0.3, 0.4) is 0 Å². The normalized spacial score (nSPS) is 10.0. The summed E-state index contributed by atoms with van der Waals surface area (Å²) in [6.45, 7) is 6.65. The maximum absolute atomic E-state index is 3.44. The van der Waals surface area contributed by atoms with Gasteiger partial charge in [-0.1, -0.05) is 74.4 Å². The van der Waals surface area contributed by atoms with Crippen LogP contribution in [0, 0.1) is 18.8 Å². The topological polar surface area (TPSA) is 0 Å². The molecule has 0 aliphatic heterocycles. The summed E-state index contributed by atoms with van der Waals surface area (Å²) in [5.41, 5.74) is 6.51. The van der Waals surface area contributed by atoms with E-state index in [2.05, 4.69) is 56.9 Å². The van der Waals surface area contributed by atoms with Gasteiger partial charge in [-0.3, -0.25) is 0 Å². The Balaban J connectivity index is 2.47. The van der Waals surface area contributed by atoms with Crippen molar-refractivity contribution in [1.82, 2.24) is 0 Å². The predicted molar refractivity (Wildman–Crippen MR) is 91.6 cm³/mol. The van der Waals surface area contributed by atoms with Gasteiger partial charge in [-0.25, -0.2) is 0 Å². The minimum absolute atomic E-state index is 1.09. The van der Waals surface area contributed by atoms with E-state index in [4.69, 9.17) is 0 Å². The Labute approximate surface area is 129 Å². The van der Waals surface area contributed by atoms with E-state index < -0.39 is 0 Å². The van der Waals surface area contributed by atoms with Crippen LogP contribution in [0.1, 0.15) is 54.5 Å². The molecule has 108 valence electrons. The highest BCUT2D eigenvalue weighted by atomic mass is 14.1. The molecular formula is C21H24. The van der Waals surface area contributed by atoms with Gasteiger partial charge in [0.15, 0.2) is 0 Å². The summed E-state index contributed by atoms with van der Waals surface area (Å²) in [6, 6.07) is 14.9. The average molecular weight is 276 g/mol. The Morgan fingerprint density at radius 1 is 0.810 bits per heavy atom. The van der Waals surface area contributed by atoms with Crippen molar-refractivity contribution in [3.63, 3.8) is 0 Å². The van der Waals surface area contributed by atoms with Gasteiger partial charge in [-0.15, -0.1) is 0 Å². The van der Waals surface area contributed by atoms with Crippen molar-refractivity contribution in [2.24, 2.45) is 0 Å². The van der Waals surface area contributed by atoms with Crippen molar-refractivity contribution >= 4 is 0 Å². The second-order valence-electron chi connectivity index (χ2n) is 5.57. The second-order valence-corrected chi connectivity index (χ2v) is 5.57. The average Bonchev–Trinajstić information content (AvgIpc) is 2.48. The summed E-state index contributed by atoms with van der Waals surface area (Å²) >= 11 is 0. The number of benzene rings is 2. The van der Waals surface area contributed by atoms with Crippen molar-refractivity contribution in [3.05, 3.63) is 70.3 Å². The molecule has 2 aromatic rings. The lowest BCUT2D eigenvalue weighted by Gasteiger charge is -2.11. The first-order valence-corrected chi connectivity index (χ1v) is 7.94. The molecular weight excluding hydrogens is 252 g/mol. The van der Waals surface area contributed by atoms with Crippen molar-refractivity contribution in [2.75, 3.05) is 0 Å². The maximum Gasteiger partial charge on any atom is 0.0313 e. The fourth-order valence-corrected chi connectivity index (χ4v) is 2.69. The van der Waals surface area contributed by atoms with Crippen LogP contribution in [0.5, 0.6) is 0 Å². The molecule has 0 aromatic heterocycles. The molecule has 0 saturated heterocycles. The van der Waals surface area contributed by atoms with Gasteiger partial charge < -0.3 is 0 Å². The van der Waals surface area contributed by atoms with Gasteiger partial charge in [0.1, 0.15) is 0 Å². The van der Waals surface area contributed by atoms with Crippen LogP contribution >= 0.6 is 0 Å². The third kappa shape index (κ3) is 4.23. The molecule has 0 amide bonds. The number of rotatable bonds is 4. The molecule has 0 radical (unpaired) electrons. The summed E-state index contributed by atoms with van der Waals surface area (Å²) in [7, 11) is 0. The molecule has 0 fully saturated rings. The van der Waals surface area contributed by atoms with E-state index in [0.717, 1.165) is 31.2 Å². The van der Waals surface area contributed by atoms with Crippen molar-refractivity contribution < 1.29 is 0 Å². The lowest BCUT2D eigenvalue weighted by molar-refractivity contribution is 0.887. The standard InChI is InChI=1S/C21H24/c1-4-9-19-15-17(3)16-20(10-5-2)21(19)14-13-18-11-7-6-8-12-18/h6-8,11-12,15-16H,4-5,9-10H2,1-3H3. The van der Waals surface area contributed by atoms with Crippen LogP contribution < -0.4 is 0 Å². The molecule has 0 saturated carbocycles. The smallest absolute Gasteiger partial charge is 0.0313 e. The molecule has 21 heavy (non-hydrogen) atoms. The largest absolute Gasteiger partial charge is 0.0651 e. The first-order chi connectivity index (χ1) is 10.2. The Kier molecular flexibility index (Phi) is 5.64. The minimum atomic E-state index is 1.09. The molecule has 0 atom stereocenters. The second kappa shape index (κ2) is 7.70. The van der Waals surface area contributed by atoms with Gasteiger partial charge in [-0.05, 0) is 43.0 Å². The van der Waals surface area contributed by atoms with Gasteiger partial charge in [-0.2, -0.15) is 0 Å². The summed E-state index contributed by atoms with van der Waals surface area (Å²) in [6.07, 6.45) is 4.54. The van der Waals surface area contributed by atoms with Crippen molar-refractivity contribution in [2.45, 2.75) is 46.5 Å². The lowest BCUT2D eigenvalue weighted by atomic mass is 9.93. The zero-order chi connectivity index (χ0) is 15.1. The summed E-state index contributed by atoms with van der Waals surface area (Å²) in [5, 5.41) is 0. The lowest BCUT2D eigenvalue weighted by Crippen LogP contribution is -1.98. The fraction of sp³-hybridized carbons (Fsp3) is 0.333. The highest BCUT2D eigenvalue weighted by Gasteiger charge is 2.07. The molecule has 0 spiro atoms. The van der Waals surface area contributed by atoms with E-state index in [1.807, 2.05) is 18.2 Å². The van der Waals surface area contributed by atoms with Crippen LogP contribution in [0.2, 0.25) is 0 Å². The SMILES string of the molecule is CCCc1cc(C)cc(CCC)c1C#Cc1ccccc1. The van der Waals surface area contributed by atoms with Crippen LogP contribution in [0.25, 0.3) is 0 Å². The minimum Gasteiger partial charge on any atom is -0.0651 e. The van der Waals surface area contributed by atoms with Gasteiger partial charge in [0, 0.05) is 11.1 Å². The molecule has 0 nitrogen and oxygen atoms in total. The quantitative estimate of drug-likeness (QED) is 0.665. The Hall–Kier alpha value is -2.00. The summed E-state index contributed by atoms with van der Waals surface area (Å²) in [4.78, 5) is 0. The van der Waals surface area contributed by atoms with E-state index in [9.17, 15) is 0 Å². The maximum atomic E-state index is 3.44. The van der Waals surface area contributed by atoms with E-state index >= 15 is 0 Å². The van der Waals surface area contributed by atoms with Gasteiger partial charge in [0.2, 0.25) is 0 Å². The first kappa shape index (κ1) is 15.4. The summed E-state index contributed by atoms with van der Waals surface area (Å²) < 4.78 is 0. The molecule has 0 aliphatic rings. The first-order valence-electron chi connectivity index (χ1n) is 7.94. The highest BCUT2D eigenvalue weighted by molar-refractivity contribution is 5.52.